The van der Waals surface area contributed by atoms with E-state index in [9.17, 15) is 9.59 Å². The number of nitrogens with two attached hydrogens (primary N) is 1. The molecule has 2 atom stereocenters. The van der Waals surface area contributed by atoms with Crippen molar-refractivity contribution in [2.24, 2.45) is 5.73 Å². The van der Waals surface area contributed by atoms with Crippen molar-refractivity contribution >= 4 is 11.9 Å². The van der Waals surface area contributed by atoms with Crippen LogP contribution in [0.4, 0.5) is 4.79 Å². The number of rotatable bonds is 5. The molecule has 1 aliphatic rings. The van der Waals surface area contributed by atoms with Crippen molar-refractivity contribution < 1.29 is 19.1 Å². The Balaban J connectivity index is 2.28. The number of nitrogens with one attached hydrogen (secondary N) is 1. The number of hydrogen-bond acceptors (Lipinski definition) is 4. The van der Waals surface area contributed by atoms with Gasteiger partial charge >= 0.3 is 6.03 Å². The second kappa shape index (κ2) is 7.21. The molecule has 7 nitrogen and oxygen atoms in total. The number of carbonyl (C=O) groups excluding carboxylic acids is 2. The monoisotopic (exact) mass is 321 g/mol. The molecule has 1 aromatic rings. The molecule has 1 aliphatic heterocycles. The van der Waals surface area contributed by atoms with E-state index in [1.807, 2.05) is 18.2 Å². The minimum atomic E-state index is -0.708. The van der Waals surface area contributed by atoms with Crippen LogP contribution < -0.4 is 20.5 Å². The zero-order valence-corrected chi connectivity index (χ0v) is 13.7. The molecule has 0 aromatic heterocycles. The van der Waals surface area contributed by atoms with E-state index in [0.29, 0.717) is 18.0 Å². The third-order valence-corrected chi connectivity index (χ3v) is 4.06. The molecule has 0 bridgehead atoms. The van der Waals surface area contributed by atoms with Crippen LogP contribution in [0.2, 0.25) is 0 Å². The summed E-state index contributed by atoms with van der Waals surface area (Å²) >= 11 is 0. The molecule has 3 amide bonds. The van der Waals surface area contributed by atoms with Crippen LogP contribution in [0.1, 0.15) is 31.4 Å². The molecule has 23 heavy (non-hydrogen) atoms. The van der Waals surface area contributed by atoms with Gasteiger partial charge in [0.05, 0.1) is 20.3 Å². The fourth-order valence-electron chi connectivity index (χ4n) is 2.98. The SMILES string of the molecule is COc1ccc(OC)c([C@@H]2CCCN2C(=O)[C@H](C)NC(N)=O)c1. The molecule has 0 aliphatic carbocycles. The van der Waals surface area contributed by atoms with E-state index in [0.717, 1.165) is 18.4 Å². The highest BCUT2D eigenvalue weighted by atomic mass is 16.5. The number of methoxy groups -OCH3 is 2. The molecule has 0 unspecified atom stereocenters. The molecule has 0 radical (unpaired) electrons. The zero-order valence-electron chi connectivity index (χ0n) is 13.7. The number of amides is 3. The molecule has 1 fully saturated rings. The van der Waals surface area contributed by atoms with Crippen molar-refractivity contribution in [3.63, 3.8) is 0 Å². The Hall–Kier alpha value is -2.44. The number of nitrogens with zero attached hydrogens (tertiary/aromatic N) is 1. The van der Waals surface area contributed by atoms with E-state index in [4.69, 9.17) is 15.2 Å². The predicted octanol–water partition coefficient (Wildman–Crippen LogP) is 1.42. The smallest absolute Gasteiger partial charge is 0.312 e. The first-order chi connectivity index (χ1) is 11.0. The quantitative estimate of drug-likeness (QED) is 0.857. The lowest BCUT2D eigenvalue weighted by molar-refractivity contribution is -0.133. The lowest BCUT2D eigenvalue weighted by Crippen LogP contribution is -2.48. The Morgan fingerprint density at radius 3 is 2.70 bits per heavy atom. The summed E-state index contributed by atoms with van der Waals surface area (Å²) < 4.78 is 10.7. The highest BCUT2D eigenvalue weighted by Crippen LogP contribution is 2.39. The minimum absolute atomic E-state index is 0.107. The van der Waals surface area contributed by atoms with E-state index < -0.39 is 12.1 Å². The van der Waals surface area contributed by atoms with E-state index >= 15 is 0 Å². The molecule has 3 N–H and O–H groups in total. The van der Waals surface area contributed by atoms with Gasteiger partial charge in [0.1, 0.15) is 17.5 Å². The van der Waals surface area contributed by atoms with Gasteiger partial charge in [-0.3, -0.25) is 4.79 Å². The third kappa shape index (κ3) is 3.67. The number of ether oxygens (including phenoxy) is 2. The largest absolute Gasteiger partial charge is 0.497 e. The van der Waals surface area contributed by atoms with Crippen LogP contribution in [-0.2, 0) is 4.79 Å². The average Bonchev–Trinajstić information content (AvgIpc) is 3.02. The number of likely N-dealkylation sites (tertiary alicyclic amines) is 1. The zero-order chi connectivity index (χ0) is 17.0. The van der Waals surface area contributed by atoms with Gasteiger partial charge in [-0.15, -0.1) is 0 Å². The Labute approximate surface area is 135 Å². The molecule has 0 saturated carbocycles. The van der Waals surface area contributed by atoms with Crippen molar-refractivity contribution in [2.45, 2.75) is 31.8 Å². The minimum Gasteiger partial charge on any atom is -0.497 e. The Morgan fingerprint density at radius 2 is 2.09 bits per heavy atom. The Bertz CT molecular complexity index is 591. The van der Waals surface area contributed by atoms with E-state index in [1.54, 1.807) is 26.0 Å². The van der Waals surface area contributed by atoms with Crippen LogP contribution in [0.3, 0.4) is 0 Å². The first kappa shape index (κ1) is 16.9. The number of benzene rings is 1. The number of urea groups is 1. The van der Waals surface area contributed by atoms with Crippen molar-refractivity contribution in [1.29, 1.82) is 0 Å². The van der Waals surface area contributed by atoms with Crippen molar-refractivity contribution in [3.05, 3.63) is 23.8 Å². The summed E-state index contributed by atoms with van der Waals surface area (Å²) in [5.41, 5.74) is 6.01. The Morgan fingerprint density at radius 1 is 1.35 bits per heavy atom. The fourth-order valence-corrected chi connectivity index (χ4v) is 2.98. The van der Waals surface area contributed by atoms with Gasteiger partial charge in [0.15, 0.2) is 0 Å². The van der Waals surface area contributed by atoms with Gasteiger partial charge in [0.2, 0.25) is 5.91 Å². The van der Waals surface area contributed by atoms with Crippen molar-refractivity contribution in [2.75, 3.05) is 20.8 Å². The number of carbonyl (C=O) groups is 2. The number of primary amides is 1. The maximum Gasteiger partial charge on any atom is 0.312 e. The summed E-state index contributed by atoms with van der Waals surface area (Å²) in [7, 11) is 3.20. The van der Waals surface area contributed by atoms with Crippen LogP contribution in [0.25, 0.3) is 0 Å². The summed E-state index contributed by atoms with van der Waals surface area (Å²) in [6.07, 6.45) is 1.72. The van der Waals surface area contributed by atoms with Crippen LogP contribution in [0, 0.1) is 0 Å². The molecule has 7 heteroatoms. The van der Waals surface area contributed by atoms with Crippen LogP contribution in [0.15, 0.2) is 18.2 Å². The van der Waals surface area contributed by atoms with Crippen LogP contribution in [0.5, 0.6) is 11.5 Å². The highest BCUT2D eigenvalue weighted by Gasteiger charge is 2.34. The number of hydrogen-bond donors (Lipinski definition) is 2. The van der Waals surface area contributed by atoms with Gasteiger partial charge < -0.3 is 25.4 Å². The molecular formula is C16H23N3O4. The molecule has 2 rings (SSSR count). The van der Waals surface area contributed by atoms with Gasteiger partial charge in [-0.1, -0.05) is 0 Å². The maximum atomic E-state index is 12.6. The van der Waals surface area contributed by atoms with Crippen molar-refractivity contribution in [3.8, 4) is 11.5 Å². The molecule has 0 spiro atoms. The molecule has 126 valence electrons. The van der Waals surface area contributed by atoms with Gasteiger partial charge in [0.25, 0.3) is 0 Å². The molecule has 1 aromatic carbocycles. The second-order valence-corrected chi connectivity index (χ2v) is 5.53. The van der Waals surface area contributed by atoms with E-state index in [2.05, 4.69) is 5.32 Å². The topological polar surface area (TPSA) is 93.9 Å². The van der Waals surface area contributed by atoms with Crippen LogP contribution >= 0.6 is 0 Å². The van der Waals surface area contributed by atoms with Gasteiger partial charge in [0, 0.05) is 12.1 Å². The second-order valence-electron chi connectivity index (χ2n) is 5.53. The normalized spacial score (nSPS) is 18.4. The fraction of sp³-hybridized carbons (Fsp3) is 0.500. The first-order valence-electron chi connectivity index (χ1n) is 7.56. The lowest BCUT2D eigenvalue weighted by atomic mass is 10.0. The molecular weight excluding hydrogens is 298 g/mol. The summed E-state index contributed by atoms with van der Waals surface area (Å²) in [6, 6.07) is 4.07. The summed E-state index contributed by atoms with van der Waals surface area (Å²) in [4.78, 5) is 25.3. The van der Waals surface area contributed by atoms with E-state index in [-0.39, 0.29) is 11.9 Å². The maximum absolute atomic E-state index is 12.6. The first-order valence-corrected chi connectivity index (χ1v) is 7.56. The highest BCUT2D eigenvalue weighted by molar-refractivity contribution is 5.86. The Kier molecular flexibility index (Phi) is 5.31. The van der Waals surface area contributed by atoms with Gasteiger partial charge in [-0.05, 0) is 38.0 Å². The van der Waals surface area contributed by atoms with Crippen molar-refractivity contribution in [1.82, 2.24) is 10.2 Å². The summed E-state index contributed by atoms with van der Waals surface area (Å²) in [5.74, 6) is 1.27. The van der Waals surface area contributed by atoms with Gasteiger partial charge in [-0.25, -0.2) is 4.79 Å². The van der Waals surface area contributed by atoms with E-state index in [1.165, 1.54) is 0 Å². The van der Waals surface area contributed by atoms with Crippen LogP contribution in [-0.4, -0.2) is 43.6 Å². The average molecular weight is 321 g/mol. The third-order valence-electron chi connectivity index (χ3n) is 4.06. The molecule has 1 heterocycles. The lowest BCUT2D eigenvalue weighted by Gasteiger charge is -2.29. The molecule has 1 saturated heterocycles. The standard InChI is InChI=1S/C16H23N3O4/c1-10(18-16(17)21)15(20)19-8-4-5-13(19)12-9-11(22-2)6-7-14(12)23-3/h6-7,9-10,13H,4-5,8H2,1-3H3,(H3,17,18,21)/t10-,13-/m0/s1. The van der Waals surface area contributed by atoms with Gasteiger partial charge in [-0.2, -0.15) is 0 Å². The summed E-state index contributed by atoms with van der Waals surface area (Å²) in [6.45, 7) is 2.26. The summed E-state index contributed by atoms with van der Waals surface area (Å²) in [5, 5.41) is 2.43. The predicted molar refractivity (Wildman–Crippen MR) is 85.4 cm³/mol.